The summed E-state index contributed by atoms with van der Waals surface area (Å²) in [7, 11) is 0. The molecule has 0 spiro atoms. The number of halogens is 2. The zero-order chi connectivity index (χ0) is 14.7. The second kappa shape index (κ2) is 6.00. The van der Waals surface area contributed by atoms with Crippen LogP contribution in [0.4, 0.5) is 16.0 Å². The molecule has 0 aliphatic carbocycles. The Labute approximate surface area is 121 Å². The molecule has 0 radical (unpaired) electrons. The van der Waals surface area contributed by atoms with Crippen LogP contribution in [0.5, 0.6) is 6.01 Å². The van der Waals surface area contributed by atoms with Gasteiger partial charge in [-0.15, -0.1) is 0 Å². The van der Waals surface area contributed by atoms with Gasteiger partial charge < -0.3 is 10.1 Å². The third-order valence-corrected chi connectivity index (χ3v) is 2.47. The molecule has 0 saturated heterocycles. The van der Waals surface area contributed by atoms with Crippen molar-refractivity contribution in [1.82, 2.24) is 15.0 Å². The summed E-state index contributed by atoms with van der Waals surface area (Å²) >= 11 is 5.79. The first-order valence-corrected chi connectivity index (χ1v) is 6.43. The maximum Gasteiger partial charge on any atom is 0.322 e. The molecule has 0 aliphatic heterocycles. The number of aromatic nitrogens is 3. The van der Waals surface area contributed by atoms with Crippen molar-refractivity contribution in [3.8, 4) is 6.01 Å². The molecule has 2 rings (SSSR count). The van der Waals surface area contributed by atoms with E-state index < -0.39 is 5.82 Å². The summed E-state index contributed by atoms with van der Waals surface area (Å²) < 4.78 is 19.0. The lowest BCUT2D eigenvalue weighted by atomic mass is 10.2. The third-order valence-electron chi connectivity index (χ3n) is 2.30. The second-order valence-electron chi connectivity index (χ2n) is 4.49. The first-order chi connectivity index (χ1) is 9.44. The van der Waals surface area contributed by atoms with Gasteiger partial charge in [0.15, 0.2) is 0 Å². The first kappa shape index (κ1) is 14.5. The van der Waals surface area contributed by atoms with E-state index in [2.05, 4.69) is 20.3 Å². The summed E-state index contributed by atoms with van der Waals surface area (Å²) in [5.74, 6) is -0.274. The maximum atomic E-state index is 13.7. The fourth-order valence-electron chi connectivity index (χ4n) is 1.51. The van der Waals surface area contributed by atoms with Gasteiger partial charge in [0.05, 0.1) is 11.8 Å². The van der Waals surface area contributed by atoms with Crippen LogP contribution in [0.15, 0.2) is 18.2 Å². The predicted octanol–water partition coefficient (Wildman–Crippen LogP) is 3.50. The SMILES string of the molecule is Cc1ccc(F)c(Nc2nc(Cl)nc(OC(C)C)n2)c1. The molecule has 0 amide bonds. The van der Waals surface area contributed by atoms with Crippen LogP contribution in [0, 0.1) is 12.7 Å². The van der Waals surface area contributed by atoms with Crippen molar-refractivity contribution in [1.29, 1.82) is 0 Å². The largest absolute Gasteiger partial charge is 0.461 e. The quantitative estimate of drug-likeness (QED) is 0.935. The molecule has 0 aliphatic rings. The average molecular weight is 297 g/mol. The van der Waals surface area contributed by atoms with E-state index in [-0.39, 0.29) is 29.0 Å². The fraction of sp³-hybridized carbons (Fsp3) is 0.308. The minimum absolute atomic E-state index is 0.0220. The van der Waals surface area contributed by atoms with Crippen LogP contribution in [0.25, 0.3) is 0 Å². The van der Waals surface area contributed by atoms with Gasteiger partial charge in [-0.3, -0.25) is 0 Å². The molecule has 106 valence electrons. The summed E-state index contributed by atoms with van der Waals surface area (Å²) in [5, 5.41) is 2.74. The summed E-state index contributed by atoms with van der Waals surface area (Å²) in [4.78, 5) is 11.8. The van der Waals surface area contributed by atoms with Crippen LogP contribution in [0.3, 0.4) is 0 Å². The van der Waals surface area contributed by atoms with Crippen LogP contribution in [-0.2, 0) is 0 Å². The molecule has 1 N–H and O–H groups in total. The third kappa shape index (κ3) is 3.77. The Balaban J connectivity index is 2.28. The number of hydrogen-bond donors (Lipinski definition) is 1. The van der Waals surface area contributed by atoms with Crippen molar-refractivity contribution in [2.75, 3.05) is 5.32 Å². The maximum absolute atomic E-state index is 13.7. The monoisotopic (exact) mass is 296 g/mol. The number of ether oxygens (including phenoxy) is 1. The molecule has 7 heteroatoms. The van der Waals surface area contributed by atoms with Crippen molar-refractivity contribution in [3.05, 3.63) is 34.9 Å². The van der Waals surface area contributed by atoms with E-state index in [0.29, 0.717) is 0 Å². The zero-order valence-electron chi connectivity index (χ0n) is 11.3. The molecule has 0 unspecified atom stereocenters. The number of nitrogens with zero attached hydrogens (tertiary/aromatic N) is 3. The van der Waals surface area contributed by atoms with E-state index in [1.807, 2.05) is 20.8 Å². The van der Waals surface area contributed by atoms with E-state index in [9.17, 15) is 4.39 Å². The molecule has 2 aromatic rings. The highest BCUT2D eigenvalue weighted by molar-refractivity contribution is 6.28. The van der Waals surface area contributed by atoms with Gasteiger partial charge in [0, 0.05) is 0 Å². The molecular weight excluding hydrogens is 283 g/mol. The smallest absolute Gasteiger partial charge is 0.322 e. The summed E-state index contributed by atoms with van der Waals surface area (Å²) in [6, 6.07) is 4.78. The molecule has 0 fully saturated rings. The summed E-state index contributed by atoms with van der Waals surface area (Å²) in [6.45, 7) is 5.54. The molecule has 1 aromatic carbocycles. The van der Waals surface area contributed by atoms with Gasteiger partial charge in [0.2, 0.25) is 11.2 Å². The fourth-order valence-corrected chi connectivity index (χ4v) is 1.66. The number of aryl methyl sites for hydroxylation is 1. The Morgan fingerprint density at radius 3 is 2.70 bits per heavy atom. The number of benzene rings is 1. The molecule has 1 aromatic heterocycles. The van der Waals surface area contributed by atoms with Gasteiger partial charge in [-0.25, -0.2) is 4.39 Å². The van der Waals surface area contributed by atoms with Gasteiger partial charge in [-0.2, -0.15) is 15.0 Å². The minimum atomic E-state index is -0.404. The molecule has 20 heavy (non-hydrogen) atoms. The van der Waals surface area contributed by atoms with Crippen LogP contribution in [-0.4, -0.2) is 21.1 Å². The highest BCUT2D eigenvalue weighted by Gasteiger charge is 2.10. The lowest BCUT2D eigenvalue weighted by Gasteiger charge is -2.10. The number of hydrogen-bond acceptors (Lipinski definition) is 5. The first-order valence-electron chi connectivity index (χ1n) is 6.05. The zero-order valence-corrected chi connectivity index (χ0v) is 12.1. The van der Waals surface area contributed by atoms with Crippen molar-refractivity contribution in [2.45, 2.75) is 26.9 Å². The minimum Gasteiger partial charge on any atom is -0.461 e. The van der Waals surface area contributed by atoms with Gasteiger partial charge in [-0.05, 0) is 50.1 Å². The molecule has 0 atom stereocenters. The van der Waals surface area contributed by atoms with E-state index in [1.54, 1.807) is 12.1 Å². The molecule has 5 nitrogen and oxygen atoms in total. The Bertz CT molecular complexity index is 621. The lowest BCUT2D eigenvalue weighted by molar-refractivity contribution is 0.222. The van der Waals surface area contributed by atoms with Crippen LogP contribution in [0.1, 0.15) is 19.4 Å². The standard InChI is InChI=1S/C13H14ClFN4O/c1-7(2)20-13-18-11(14)17-12(19-13)16-10-6-8(3)4-5-9(10)15/h4-7H,1-3H3,(H,16,17,18,19). The number of anilines is 2. The molecule has 0 saturated carbocycles. The van der Waals surface area contributed by atoms with Crippen LogP contribution < -0.4 is 10.1 Å². The van der Waals surface area contributed by atoms with E-state index in [4.69, 9.17) is 16.3 Å². The molecule has 0 bridgehead atoms. The van der Waals surface area contributed by atoms with Crippen molar-refractivity contribution >= 4 is 23.2 Å². The van der Waals surface area contributed by atoms with Gasteiger partial charge >= 0.3 is 6.01 Å². The second-order valence-corrected chi connectivity index (χ2v) is 4.82. The number of rotatable bonds is 4. The summed E-state index contributed by atoms with van der Waals surface area (Å²) in [6.07, 6.45) is -0.1000. The van der Waals surface area contributed by atoms with Gasteiger partial charge in [-0.1, -0.05) is 6.07 Å². The van der Waals surface area contributed by atoms with E-state index >= 15 is 0 Å². The van der Waals surface area contributed by atoms with Gasteiger partial charge in [0.25, 0.3) is 0 Å². The Kier molecular flexibility index (Phi) is 4.34. The normalized spacial score (nSPS) is 10.7. The lowest BCUT2D eigenvalue weighted by Crippen LogP contribution is -2.10. The van der Waals surface area contributed by atoms with E-state index in [1.165, 1.54) is 6.07 Å². The topological polar surface area (TPSA) is 59.9 Å². The van der Waals surface area contributed by atoms with Crippen LogP contribution >= 0.6 is 11.6 Å². The van der Waals surface area contributed by atoms with Crippen LogP contribution in [0.2, 0.25) is 5.28 Å². The summed E-state index contributed by atoms with van der Waals surface area (Å²) in [5.41, 5.74) is 1.18. The Morgan fingerprint density at radius 2 is 2.00 bits per heavy atom. The average Bonchev–Trinajstić information content (AvgIpc) is 2.32. The predicted molar refractivity (Wildman–Crippen MR) is 75.0 cm³/mol. The Morgan fingerprint density at radius 1 is 1.25 bits per heavy atom. The van der Waals surface area contributed by atoms with E-state index in [0.717, 1.165) is 5.56 Å². The van der Waals surface area contributed by atoms with Crippen molar-refractivity contribution < 1.29 is 9.13 Å². The molecule has 1 heterocycles. The highest BCUT2D eigenvalue weighted by atomic mass is 35.5. The number of nitrogens with one attached hydrogen (secondary N) is 1. The van der Waals surface area contributed by atoms with Gasteiger partial charge in [0.1, 0.15) is 5.82 Å². The Hall–Kier alpha value is -1.95. The van der Waals surface area contributed by atoms with Crippen molar-refractivity contribution in [3.63, 3.8) is 0 Å². The molecular formula is C13H14ClFN4O. The highest BCUT2D eigenvalue weighted by Crippen LogP contribution is 2.21. The van der Waals surface area contributed by atoms with Crippen molar-refractivity contribution in [2.24, 2.45) is 0 Å².